The lowest BCUT2D eigenvalue weighted by molar-refractivity contribution is -0.118. The molecule has 1 amide bonds. The van der Waals surface area contributed by atoms with Crippen LogP contribution in [0.25, 0.3) is 0 Å². The second-order valence-electron chi connectivity index (χ2n) is 9.36. The molecule has 2 aromatic carbocycles. The molecule has 1 saturated heterocycles. The molecular weight excluding hydrogens is 430 g/mol. The van der Waals surface area contributed by atoms with Crippen molar-refractivity contribution in [3.63, 3.8) is 0 Å². The van der Waals surface area contributed by atoms with Crippen molar-refractivity contribution in [3.8, 4) is 0 Å². The van der Waals surface area contributed by atoms with Crippen LogP contribution in [-0.2, 0) is 14.9 Å². The summed E-state index contributed by atoms with van der Waals surface area (Å²) in [5, 5.41) is 3.81. The van der Waals surface area contributed by atoms with E-state index < -0.39 is 5.41 Å². The lowest BCUT2D eigenvalue weighted by atomic mass is 9.92. The SMILES string of the molecule is CO[C@@H]1CCN([C@H](c2ccccc2)c2cnc(NC(=O)C3(c4ccc(C)c(C)c4)CC3)s2)C1. The number of aromatic nitrogens is 1. The first kappa shape index (κ1) is 22.3. The first-order valence-electron chi connectivity index (χ1n) is 11.7. The molecule has 1 aliphatic heterocycles. The van der Waals surface area contributed by atoms with E-state index in [1.54, 1.807) is 18.4 Å². The van der Waals surface area contributed by atoms with Gasteiger partial charge in [-0.25, -0.2) is 4.98 Å². The number of hydrogen-bond acceptors (Lipinski definition) is 5. The smallest absolute Gasteiger partial charge is 0.236 e. The van der Waals surface area contributed by atoms with Crippen molar-refractivity contribution in [3.05, 3.63) is 81.9 Å². The third kappa shape index (κ3) is 4.35. The van der Waals surface area contributed by atoms with Gasteiger partial charge in [0.05, 0.1) is 17.6 Å². The molecule has 1 aliphatic carbocycles. The largest absolute Gasteiger partial charge is 0.380 e. The van der Waals surface area contributed by atoms with Crippen LogP contribution in [0.2, 0.25) is 0 Å². The van der Waals surface area contributed by atoms with Crippen LogP contribution in [0.3, 0.4) is 0 Å². The van der Waals surface area contributed by atoms with Gasteiger partial charge in [-0.1, -0.05) is 59.9 Å². The zero-order chi connectivity index (χ0) is 23.0. The summed E-state index contributed by atoms with van der Waals surface area (Å²) in [6, 6.07) is 17.0. The fourth-order valence-corrected chi connectivity index (χ4v) is 5.84. The number of hydrogen-bond donors (Lipinski definition) is 1. The molecule has 0 spiro atoms. The molecule has 172 valence electrons. The number of anilines is 1. The predicted molar refractivity (Wildman–Crippen MR) is 133 cm³/mol. The standard InChI is InChI=1S/C27H31N3O2S/c1-18-9-10-21(15-19(18)2)27(12-13-27)25(31)29-26-28-16-23(33-26)24(20-7-5-4-6-8-20)30-14-11-22(17-30)32-3/h4-10,15-16,22,24H,11-14,17H2,1-3H3,(H,28,29,31)/t22-,24-/m1/s1. The average Bonchev–Trinajstić information content (AvgIpc) is 3.30. The molecule has 33 heavy (non-hydrogen) atoms. The summed E-state index contributed by atoms with van der Waals surface area (Å²) in [6.07, 6.45) is 4.99. The molecule has 2 fully saturated rings. The Balaban J connectivity index is 1.37. The number of likely N-dealkylation sites (tertiary alicyclic amines) is 1. The molecule has 6 heteroatoms. The summed E-state index contributed by atoms with van der Waals surface area (Å²) < 4.78 is 5.61. The Bertz CT molecular complexity index is 1140. The van der Waals surface area contributed by atoms with Crippen LogP contribution in [0, 0.1) is 13.8 Å². The highest BCUT2D eigenvalue weighted by Gasteiger charge is 2.51. The topological polar surface area (TPSA) is 54.5 Å². The highest BCUT2D eigenvalue weighted by atomic mass is 32.1. The fourth-order valence-electron chi connectivity index (χ4n) is 4.87. The van der Waals surface area contributed by atoms with Gasteiger partial charge in [0.25, 0.3) is 0 Å². The molecule has 1 N–H and O–H groups in total. The fraction of sp³-hybridized carbons (Fsp3) is 0.407. The minimum absolute atomic E-state index is 0.0588. The summed E-state index contributed by atoms with van der Waals surface area (Å²) in [4.78, 5) is 21.5. The summed E-state index contributed by atoms with van der Waals surface area (Å²) in [7, 11) is 1.79. The predicted octanol–water partition coefficient (Wildman–Crippen LogP) is 5.24. The Kier molecular flexibility index (Phi) is 6.08. The van der Waals surface area contributed by atoms with E-state index in [2.05, 4.69) is 71.5 Å². The molecule has 5 nitrogen and oxygen atoms in total. The lowest BCUT2D eigenvalue weighted by Crippen LogP contribution is -2.28. The Labute approximate surface area is 199 Å². The van der Waals surface area contributed by atoms with Gasteiger partial charge in [0.2, 0.25) is 5.91 Å². The van der Waals surface area contributed by atoms with E-state index in [0.717, 1.165) is 42.8 Å². The first-order chi connectivity index (χ1) is 16.0. The van der Waals surface area contributed by atoms with Crippen LogP contribution >= 0.6 is 11.3 Å². The van der Waals surface area contributed by atoms with Crippen LogP contribution < -0.4 is 5.32 Å². The molecule has 1 aromatic heterocycles. The zero-order valence-electron chi connectivity index (χ0n) is 19.5. The molecule has 0 unspecified atom stereocenters. The van der Waals surface area contributed by atoms with E-state index in [0.29, 0.717) is 5.13 Å². The van der Waals surface area contributed by atoms with Crippen LogP contribution in [-0.4, -0.2) is 42.1 Å². The molecule has 2 atom stereocenters. The number of methoxy groups -OCH3 is 1. The maximum absolute atomic E-state index is 13.3. The van der Waals surface area contributed by atoms with Gasteiger partial charge >= 0.3 is 0 Å². The number of aryl methyl sites for hydroxylation is 2. The number of rotatable bonds is 7. The summed E-state index contributed by atoms with van der Waals surface area (Å²) >= 11 is 1.58. The normalized spacial score (nSPS) is 20.5. The van der Waals surface area contributed by atoms with Crippen molar-refractivity contribution < 1.29 is 9.53 Å². The molecule has 3 aromatic rings. The molecular formula is C27H31N3O2S. The minimum Gasteiger partial charge on any atom is -0.380 e. The number of ether oxygens (including phenoxy) is 1. The Morgan fingerprint density at radius 1 is 1.18 bits per heavy atom. The van der Waals surface area contributed by atoms with Gasteiger partial charge in [-0.2, -0.15) is 0 Å². The van der Waals surface area contributed by atoms with Crippen molar-refractivity contribution in [1.82, 2.24) is 9.88 Å². The molecule has 5 rings (SSSR count). The number of benzene rings is 2. The minimum atomic E-state index is -0.413. The molecule has 2 aliphatic rings. The second-order valence-corrected chi connectivity index (χ2v) is 10.4. The number of carbonyl (C=O) groups excluding carboxylic acids is 1. The quantitative estimate of drug-likeness (QED) is 0.523. The van der Waals surface area contributed by atoms with Crippen molar-refractivity contribution in [2.75, 3.05) is 25.5 Å². The maximum Gasteiger partial charge on any atom is 0.236 e. The van der Waals surface area contributed by atoms with Crippen molar-refractivity contribution in [2.24, 2.45) is 0 Å². The van der Waals surface area contributed by atoms with E-state index in [4.69, 9.17) is 4.74 Å². The summed E-state index contributed by atoms with van der Waals surface area (Å²) in [5.41, 5.74) is 4.43. The van der Waals surface area contributed by atoms with E-state index in [-0.39, 0.29) is 18.1 Å². The van der Waals surface area contributed by atoms with Gasteiger partial charge in [0.15, 0.2) is 5.13 Å². The van der Waals surface area contributed by atoms with Gasteiger partial charge in [-0.3, -0.25) is 9.69 Å². The van der Waals surface area contributed by atoms with Gasteiger partial charge in [0.1, 0.15) is 0 Å². The number of carbonyl (C=O) groups is 1. The van der Waals surface area contributed by atoms with Gasteiger partial charge in [0, 0.05) is 31.3 Å². The lowest BCUT2D eigenvalue weighted by Gasteiger charge is -2.27. The van der Waals surface area contributed by atoms with E-state index >= 15 is 0 Å². The van der Waals surface area contributed by atoms with Crippen LogP contribution in [0.15, 0.2) is 54.7 Å². The van der Waals surface area contributed by atoms with Crippen LogP contribution in [0.1, 0.15) is 52.4 Å². The Morgan fingerprint density at radius 2 is 1.97 bits per heavy atom. The van der Waals surface area contributed by atoms with Crippen molar-refractivity contribution in [1.29, 1.82) is 0 Å². The molecule has 1 saturated carbocycles. The van der Waals surface area contributed by atoms with Gasteiger partial charge < -0.3 is 10.1 Å². The molecule has 0 radical (unpaired) electrons. The van der Waals surface area contributed by atoms with E-state index in [9.17, 15) is 4.79 Å². The number of thiazole rings is 1. The Hall–Kier alpha value is -2.54. The third-order valence-corrected chi connectivity index (χ3v) is 8.21. The van der Waals surface area contributed by atoms with Crippen LogP contribution in [0.5, 0.6) is 0 Å². The highest BCUT2D eigenvalue weighted by molar-refractivity contribution is 7.15. The van der Waals surface area contributed by atoms with Crippen LogP contribution in [0.4, 0.5) is 5.13 Å². The highest BCUT2D eigenvalue weighted by Crippen LogP contribution is 2.49. The maximum atomic E-state index is 13.3. The number of nitrogens with zero attached hydrogens (tertiary/aromatic N) is 2. The second kappa shape index (κ2) is 9.01. The van der Waals surface area contributed by atoms with Gasteiger partial charge in [-0.05, 0) is 55.4 Å². The monoisotopic (exact) mass is 461 g/mol. The zero-order valence-corrected chi connectivity index (χ0v) is 20.3. The summed E-state index contributed by atoms with van der Waals surface area (Å²) in [5.74, 6) is 0.0588. The first-order valence-corrected chi connectivity index (χ1v) is 12.5. The number of nitrogens with one attached hydrogen (secondary N) is 1. The van der Waals surface area contributed by atoms with E-state index in [1.165, 1.54) is 16.7 Å². The third-order valence-electron chi connectivity index (χ3n) is 7.25. The average molecular weight is 462 g/mol. The summed E-state index contributed by atoms with van der Waals surface area (Å²) in [6.45, 7) is 6.09. The van der Waals surface area contributed by atoms with Gasteiger partial charge in [-0.15, -0.1) is 0 Å². The van der Waals surface area contributed by atoms with Crippen molar-refractivity contribution in [2.45, 2.75) is 50.7 Å². The molecule has 0 bridgehead atoms. The molecule has 2 heterocycles. The van der Waals surface area contributed by atoms with Crippen molar-refractivity contribution >= 4 is 22.4 Å². The van der Waals surface area contributed by atoms with E-state index in [1.807, 2.05) is 12.3 Å². The Morgan fingerprint density at radius 3 is 2.64 bits per heavy atom. The number of amides is 1.